The Kier molecular flexibility index (Phi) is 8.45. The second kappa shape index (κ2) is 12.5. The molecule has 204 valence electrons. The van der Waals surface area contributed by atoms with E-state index >= 15 is 0 Å². The maximum atomic E-state index is 12.7. The molecule has 3 aromatic rings. The van der Waals surface area contributed by atoms with E-state index in [9.17, 15) is 9.59 Å². The fourth-order valence-electron chi connectivity index (χ4n) is 4.60. The third kappa shape index (κ3) is 6.78. The second-order valence-electron chi connectivity index (χ2n) is 9.71. The number of ether oxygens (including phenoxy) is 2. The zero-order valence-corrected chi connectivity index (χ0v) is 22.1. The Bertz CT molecular complexity index is 1230. The Morgan fingerprint density at radius 1 is 0.923 bits per heavy atom. The molecule has 11 heteroatoms. The van der Waals surface area contributed by atoms with Crippen molar-refractivity contribution in [1.82, 2.24) is 24.8 Å². The van der Waals surface area contributed by atoms with Gasteiger partial charge < -0.3 is 14.4 Å². The normalized spacial score (nSPS) is 16.3. The summed E-state index contributed by atoms with van der Waals surface area (Å²) in [6, 6.07) is 9.44. The first kappa shape index (κ1) is 26.3. The number of hydrogen-bond donors (Lipinski definition) is 0. The first-order chi connectivity index (χ1) is 19.1. The summed E-state index contributed by atoms with van der Waals surface area (Å²) < 4.78 is 11.3. The molecule has 0 unspecified atom stereocenters. The number of piperazine rings is 1. The maximum Gasteiger partial charge on any atom is 0.410 e. The van der Waals surface area contributed by atoms with E-state index in [1.54, 1.807) is 6.20 Å². The molecule has 1 aromatic carbocycles. The molecule has 4 heterocycles. The zero-order chi connectivity index (χ0) is 27.0. The van der Waals surface area contributed by atoms with Crippen LogP contribution in [0.15, 0.2) is 55.1 Å². The minimum atomic E-state index is -0.505. The number of piperidine rings is 1. The average molecular weight is 532 g/mol. The SMILES string of the molecule is CCc1cnc(N2CCC(COc3cnc(N4CCN(C(=O)OCc5ccccc5)CC4=O)cn3)CC2)nc1. The second-order valence-corrected chi connectivity index (χ2v) is 9.71. The lowest BCUT2D eigenvalue weighted by Crippen LogP contribution is -2.52. The monoisotopic (exact) mass is 531 g/mol. The fraction of sp³-hybridized carbons (Fsp3) is 0.429. The van der Waals surface area contributed by atoms with Crippen LogP contribution in [-0.4, -0.2) is 76.2 Å². The Morgan fingerprint density at radius 3 is 2.36 bits per heavy atom. The molecule has 11 nitrogen and oxygen atoms in total. The summed E-state index contributed by atoms with van der Waals surface area (Å²) in [7, 11) is 0. The van der Waals surface area contributed by atoms with Gasteiger partial charge in [-0.05, 0) is 36.3 Å². The Labute approximate surface area is 227 Å². The Morgan fingerprint density at radius 2 is 1.69 bits per heavy atom. The van der Waals surface area contributed by atoms with Crippen LogP contribution in [0.3, 0.4) is 0 Å². The molecule has 0 saturated carbocycles. The summed E-state index contributed by atoms with van der Waals surface area (Å²) in [6.07, 6.45) is 9.27. The summed E-state index contributed by atoms with van der Waals surface area (Å²) in [5.74, 6) is 1.82. The number of nitrogens with zero attached hydrogens (tertiary/aromatic N) is 7. The van der Waals surface area contributed by atoms with Crippen molar-refractivity contribution in [2.45, 2.75) is 32.8 Å². The lowest BCUT2D eigenvalue weighted by Gasteiger charge is -2.33. The molecule has 39 heavy (non-hydrogen) atoms. The summed E-state index contributed by atoms with van der Waals surface area (Å²) >= 11 is 0. The molecule has 0 bridgehead atoms. The van der Waals surface area contributed by atoms with Gasteiger partial charge in [-0.25, -0.2) is 24.7 Å². The highest BCUT2D eigenvalue weighted by molar-refractivity contribution is 5.96. The van der Waals surface area contributed by atoms with Crippen LogP contribution in [0, 0.1) is 5.92 Å². The smallest absolute Gasteiger partial charge is 0.410 e. The van der Waals surface area contributed by atoms with Crippen molar-refractivity contribution in [3.05, 3.63) is 66.2 Å². The van der Waals surface area contributed by atoms with Crippen molar-refractivity contribution in [1.29, 1.82) is 0 Å². The zero-order valence-electron chi connectivity index (χ0n) is 22.1. The quantitative estimate of drug-likeness (QED) is 0.432. The van der Waals surface area contributed by atoms with Crippen molar-refractivity contribution in [2.24, 2.45) is 5.92 Å². The Hall–Kier alpha value is -4.28. The topological polar surface area (TPSA) is 114 Å². The molecule has 5 rings (SSSR count). The van der Waals surface area contributed by atoms with E-state index in [1.165, 1.54) is 16.0 Å². The first-order valence-electron chi connectivity index (χ1n) is 13.4. The lowest BCUT2D eigenvalue weighted by atomic mass is 9.98. The van der Waals surface area contributed by atoms with Gasteiger partial charge in [-0.3, -0.25) is 14.6 Å². The number of aryl methyl sites for hydroxylation is 1. The molecule has 0 aliphatic carbocycles. The van der Waals surface area contributed by atoms with Gasteiger partial charge in [0, 0.05) is 38.6 Å². The maximum absolute atomic E-state index is 12.7. The number of anilines is 2. The number of aromatic nitrogens is 4. The fourth-order valence-corrected chi connectivity index (χ4v) is 4.60. The van der Waals surface area contributed by atoms with Crippen LogP contribution in [0.2, 0.25) is 0 Å². The average Bonchev–Trinajstić information content (AvgIpc) is 3.00. The number of amides is 2. The summed E-state index contributed by atoms with van der Waals surface area (Å²) in [5.41, 5.74) is 2.03. The van der Waals surface area contributed by atoms with Crippen LogP contribution in [-0.2, 0) is 22.6 Å². The largest absolute Gasteiger partial charge is 0.476 e. The van der Waals surface area contributed by atoms with Gasteiger partial charge in [0.15, 0.2) is 5.82 Å². The van der Waals surface area contributed by atoms with Gasteiger partial charge in [0.25, 0.3) is 0 Å². The summed E-state index contributed by atoms with van der Waals surface area (Å²) in [4.78, 5) is 48.0. The number of rotatable bonds is 8. The van der Waals surface area contributed by atoms with Gasteiger partial charge in [-0.15, -0.1) is 0 Å². The van der Waals surface area contributed by atoms with E-state index in [2.05, 4.69) is 31.8 Å². The Balaban J connectivity index is 1.05. The highest BCUT2D eigenvalue weighted by Gasteiger charge is 2.30. The molecule has 2 fully saturated rings. The van der Waals surface area contributed by atoms with Crippen LogP contribution in [0.5, 0.6) is 5.88 Å². The molecule has 2 aromatic heterocycles. The van der Waals surface area contributed by atoms with Crippen LogP contribution in [0.25, 0.3) is 0 Å². The number of hydrogen-bond acceptors (Lipinski definition) is 9. The standard InChI is InChI=1S/C28H33N7O4/c1-2-21-14-31-27(32-15-21)33-10-8-23(9-11-33)19-38-25-17-29-24(16-30-25)35-13-12-34(18-26(35)36)28(37)39-20-22-6-4-3-5-7-22/h3-7,14-17,23H,2,8-13,18-20H2,1H3. The molecule has 2 saturated heterocycles. The molecule has 2 aliphatic heterocycles. The summed E-state index contributed by atoms with van der Waals surface area (Å²) in [5, 5.41) is 0. The van der Waals surface area contributed by atoms with Crippen molar-refractivity contribution < 1.29 is 19.1 Å². The molecule has 0 radical (unpaired) electrons. The van der Waals surface area contributed by atoms with Gasteiger partial charge in [0.2, 0.25) is 17.7 Å². The third-order valence-electron chi connectivity index (χ3n) is 7.04. The van der Waals surface area contributed by atoms with Gasteiger partial charge in [0.1, 0.15) is 13.2 Å². The highest BCUT2D eigenvalue weighted by Crippen LogP contribution is 2.22. The van der Waals surface area contributed by atoms with Gasteiger partial charge >= 0.3 is 6.09 Å². The van der Waals surface area contributed by atoms with E-state index in [1.807, 2.05) is 42.7 Å². The van der Waals surface area contributed by atoms with Gasteiger partial charge in [-0.2, -0.15) is 0 Å². The molecule has 0 spiro atoms. The van der Waals surface area contributed by atoms with Crippen molar-refractivity contribution in [3.63, 3.8) is 0 Å². The molecule has 2 amide bonds. The van der Waals surface area contributed by atoms with Crippen LogP contribution in [0.4, 0.5) is 16.6 Å². The van der Waals surface area contributed by atoms with Gasteiger partial charge in [0.05, 0.1) is 19.0 Å². The minimum Gasteiger partial charge on any atom is -0.476 e. The predicted octanol–water partition coefficient (Wildman–Crippen LogP) is 3.11. The van der Waals surface area contributed by atoms with E-state index in [-0.39, 0.29) is 19.1 Å². The highest BCUT2D eigenvalue weighted by atomic mass is 16.6. The number of benzene rings is 1. The third-order valence-corrected chi connectivity index (χ3v) is 7.04. The lowest BCUT2D eigenvalue weighted by molar-refractivity contribution is -0.121. The van der Waals surface area contributed by atoms with Crippen LogP contribution < -0.4 is 14.5 Å². The first-order valence-corrected chi connectivity index (χ1v) is 13.4. The van der Waals surface area contributed by atoms with Crippen LogP contribution in [0.1, 0.15) is 30.9 Å². The van der Waals surface area contributed by atoms with E-state index in [4.69, 9.17) is 9.47 Å². The van der Waals surface area contributed by atoms with Crippen molar-refractivity contribution in [2.75, 3.05) is 49.1 Å². The van der Waals surface area contributed by atoms with Gasteiger partial charge in [-0.1, -0.05) is 37.3 Å². The molecule has 0 N–H and O–H groups in total. The van der Waals surface area contributed by atoms with E-state index < -0.39 is 6.09 Å². The summed E-state index contributed by atoms with van der Waals surface area (Å²) in [6.45, 7) is 5.19. The number of carbonyl (C=O) groups excluding carboxylic acids is 2. The molecular weight excluding hydrogens is 498 g/mol. The van der Waals surface area contributed by atoms with Crippen LogP contribution >= 0.6 is 0 Å². The molecule has 2 aliphatic rings. The van der Waals surface area contributed by atoms with Crippen molar-refractivity contribution in [3.8, 4) is 5.88 Å². The minimum absolute atomic E-state index is 0.0694. The molecular formula is C28H33N7O4. The van der Waals surface area contributed by atoms with E-state index in [0.717, 1.165) is 49.4 Å². The van der Waals surface area contributed by atoms with Crippen molar-refractivity contribution >= 4 is 23.8 Å². The number of carbonyl (C=O) groups is 2. The predicted molar refractivity (Wildman–Crippen MR) is 144 cm³/mol. The molecule has 0 atom stereocenters. The van der Waals surface area contributed by atoms with E-state index in [0.29, 0.717) is 37.3 Å².